The molecule has 0 spiro atoms. The van der Waals surface area contributed by atoms with Crippen LogP contribution in [0.1, 0.15) is 41.0 Å². The molecule has 0 atom stereocenters. The van der Waals surface area contributed by atoms with E-state index in [4.69, 9.17) is 16.3 Å². The number of rotatable bonds is 8. The molecule has 0 aliphatic rings. The summed E-state index contributed by atoms with van der Waals surface area (Å²) in [6.45, 7) is 2.60. The van der Waals surface area contributed by atoms with E-state index in [0.29, 0.717) is 12.4 Å². The normalized spacial score (nSPS) is 11.1. The number of unbranched alkanes of at least 4 members (excludes halogenated alkanes) is 1. The van der Waals surface area contributed by atoms with Crippen LogP contribution >= 0.6 is 22.9 Å². The number of benzene rings is 1. The molecular weight excluding hydrogens is 436 g/mol. The van der Waals surface area contributed by atoms with Gasteiger partial charge in [-0.25, -0.2) is 9.78 Å². The van der Waals surface area contributed by atoms with Crippen molar-refractivity contribution >= 4 is 28.9 Å². The predicted molar refractivity (Wildman–Crippen MR) is 119 cm³/mol. The number of ether oxygens (including phenoxy) is 1. The van der Waals surface area contributed by atoms with Crippen LogP contribution in [-0.2, 0) is 17.7 Å². The number of methoxy groups -OCH3 is 1. The lowest BCUT2D eigenvalue weighted by atomic mass is 10.0. The van der Waals surface area contributed by atoms with E-state index in [9.17, 15) is 4.79 Å². The highest BCUT2D eigenvalue weighted by Crippen LogP contribution is 2.33. The standard InChI is InChI=1S/C21H21ClN6O2S/c1-3-4-9-17-23-19(22)18(21(29)30-2)28(17)11-14-10-13(12-31-14)15-7-5-6-8-16(15)20-24-26-27-25-20/h5-8,10,12H,3-4,9,11H2,1-2H3,(H,24,25,26,27). The van der Waals surface area contributed by atoms with Crippen molar-refractivity contribution in [3.8, 4) is 22.5 Å². The van der Waals surface area contributed by atoms with Crippen molar-refractivity contribution in [3.05, 3.63) is 57.3 Å². The molecule has 160 valence electrons. The third-order valence-electron chi connectivity index (χ3n) is 4.93. The Balaban J connectivity index is 1.69. The fourth-order valence-electron chi connectivity index (χ4n) is 3.42. The lowest BCUT2D eigenvalue weighted by Gasteiger charge is -2.10. The molecule has 0 bridgehead atoms. The third-order valence-corrected chi connectivity index (χ3v) is 6.11. The molecule has 31 heavy (non-hydrogen) atoms. The number of aromatic amines is 1. The summed E-state index contributed by atoms with van der Waals surface area (Å²) in [5, 5.41) is 16.6. The molecule has 0 aliphatic heterocycles. The zero-order valence-electron chi connectivity index (χ0n) is 17.1. The van der Waals surface area contributed by atoms with Gasteiger partial charge in [0, 0.05) is 16.9 Å². The number of halogens is 1. The molecule has 4 aromatic rings. The summed E-state index contributed by atoms with van der Waals surface area (Å²) >= 11 is 7.90. The largest absolute Gasteiger partial charge is 0.464 e. The Bertz CT molecular complexity index is 1180. The number of esters is 1. The van der Waals surface area contributed by atoms with Crippen LogP contribution < -0.4 is 0 Å². The molecule has 3 aromatic heterocycles. The summed E-state index contributed by atoms with van der Waals surface area (Å²) in [4.78, 5) is 17.8. The minimum atomic E-state index is -0.487. The van der Waals surface area contributed by atoms with Gasteiger partial charge in [-0.1, -0.05) is 49.2 Å². The number of carbonyl (C=O) groups excluding carboxylic acids is 1. The molecule has 3 heterocycles. The monoisotopic (exact) mass is 456 g/mol. The molecule has 0 unspecified atom stereocenters. The Morgan fingerprint density at radius 2 is 2.10 bits per heavy atom. The third kappa shape index (κ3) is 4.38. The molecule has 0 fully saturated rings. The minimum absolute atomic E-state index is 0.178. The average Bonchev–Trinajstić information content (AvgIpc) is 3.53. The van der Waals surface area contributed by atoms with Gasteiger partial charge in [0.05, 0.1) is 13.7 Å². The van der Waals surface area contributed by atoms with Gasteiger partial charge in [0.2, 0.25) is 5.82 Å². The number of nitrogens with one attached hydrogen (secondary N) is 1. The van der Waals surface area contributed by atoms with Gasteiger partial charge in [0.15, 0.2) is 10.8 Å². The lowest BCUT2D eigenvalue weighted by molar-refractivity contribution is 0.0589. The number of nitrogens with zero attached hydrogens (tertiary/aromatic N) is 5. The molecule has 8 nitrogen and oxygen atoms in total. The molecule has 0 aliphatic carbocycles. The van der Waals surface area contributed by atoms with E-state index in [1.807, 2.05) is 28.8 Å². The molecule has 0 radical (unpaired) electrons. The van der Waals surface area contributed by atoms with E-state index >= 15 is 0 Å². The van der Waals surface area contributed by atoms with Crippen molar-refractivity contribution in [2.24, 2.45) is 0 Å². The quantitative estimate of drug-likeness (QED) is 0.388. The van der Waals surface area contributed by atoms with Crippen LogP contribution in [0.5, 0.6) is 0 Å². The second kappa shape index (κ2) is 9.40. The first-order valence-electron chi connectivity index (χ1n) is 9.86. The van der Waals surface area contributed by atoms with E-state index in [1.165, 1.54) is 7.11 Å². The Morgan fingerprint density at radius 1 is 1.29 bits per heavy atom. The van der Waals surface area contributed by atoms with Gasteiger partial charge < -0.3 is 9.30 Å². The van der Waals surface area contributed by atoms with Crippen LogP contribution in [0.25, 0.3) is 22.5 Å². The van der Waals surface area contributed by atoms with Crippen molar-refractivity contribution in [2.75, 3.05) is 7.11 Å². The van der Waals surface area contributed by atoms with Gasteiger partial charge in [-0.05, 0) is 34.2 Å². The number of hydrogen-bond acceptors (Lipinski definition) is 7. The van der Waals surface area contributed by atoms with Crippen molar-refractivity contribution in [2.45, 2.75) is 32.7 Å². The maximum absolute atomic E-state index is 12.3. The van der Waals surface area contributed by atoms with Crippen LogP contribution in [0.3, 0.4) is 0 Å². The zero-order valence-corrected chi connectivity index (χ0v) is 18.7. The van der Waals surface area contributed by atoms with E-state index in [2.05, 4.69) is 44.0 Å². The van der Waals surface area contributed by atoms with Crippen molar-refractivity contribution < 1.29 is 9.53 Å². The molecule has 1 aromatic carbocycles. The summed E-state index contributed by atoms with van der Waals surface area (Å²) in [5.41, 5.74) is 3.23. The summed E-state index contributed by atoms with van der Waals surface area (Å²) in [6.07, 6.45) is 2.72. The number of aryl methyl sites for hydroxylation is 1. The van der Waals surface area contributed by atoms with Crippen LogP contribution in [-0.4, -0.2) is 43.3 Å². The van der Waals surface area contributed by atoms with Crippen molar-refractivity contribution in [1.29, 1.82) is 0 Å². The highest BCUT2D eigenvalue weighted by molar-refractivity contribution is 7.10. The zero-order chi connectivity index (χ0) is 21.8. The summed E-state index contributed by atoms with van der Waals surface area (Å²) < 4.78 is 6.81. The topological polar surface area (TPSA) is 98.6 Å². The smallest absolute Gasteiger partial charge is 0.357 e. The summed E-state index contributed by atoms with van der Waals surface area (Å²) in [5.74, 6) is 0.841. The first-order chi connectivity index (χ1) is 15.1. The maximum Gasteiger partial charge on any atom is 0.357 e. The fourth-order valence-corrected chi connectivity index (χ4v) is 4.57. The lowest BCUT2D eigenvalue weighted by Crippen LogP contribution is -2.14. The van der Waals surface area contributed by atoms with E-state index in [1.54, 1.807) is 11.3 Å². The number of aromatic nitrogens is 6. The Morgan fingerprint density at radius 3 is 2.81 bits per heavy atom. The van der Waals surface area contributed by atoms with Crippen molar-refractivity contribution in [1.82, 2.24) is 30.2 Å². The van der Waals surface area contributed by atoms with Gasteiger partial charge >= 0.3 is 5.97 Å². The number of H-pyrrole nitrogens is 1. The number of carbonyl (C=O) groups is 1. The van der Waals surface area contributed by atoms with Crippen LogP contribution in [0.2, 0.25) is 5.15 Å². The fraction of sp³-hybridized carbons (Fsp3) is 0.286. The highest BCUT2D eigenvalue weighted by atomic mass is 35.5. The van der Waals surface area contributed by atoms with Gasteiger partial charge in [0.1, 0.15) is 5.82 Å². The van der Waals surface area contributed by atoms with Gasteiger partial charge in [0.25, 0.3) is 0 Å². The minimum Gasteiger partial charge on any atom is -0.464 e. The molecular formula is C21H21ClN6O2S. The van der Waals surface area contributed by atoms with Gasteiger partial charge in [-0.15, -0.1) is 21.5 Å². The highest BCUT2D eigenvalue weighted by Gasteiger charge is 2.23. The summed E-state index contributed by atoms with van der Waals surface area (Å²) in [7, 11) is 1.35. The SMILES string of the molecule is CCCCc1nc(Cl)c(C(=O)OC)n1Cc1cc(-c2ccccc2-c2nn[nH]n2)cs1. The first-order valence-corrected chi connectivity index (χ1v) is 11.1. The van der Waals surface area contributed by atoms with Crippen LogP contribution in [0, 0.1) is 0 Å². The Hall–Kier alpha value is -3.04. The molecule has 4 rings (SSSR count). The van der Waals surface area contributed by atoms with E-state index < -0.39 is 5.97 Å². The number of imidazole rings is 1. The van der Waals surface area contributed by atoms with Crippen LogP contribution in [0.4, 0.5) is 0 Å². The molecule has 1 N–H and O–H groups in total. The van der Waals surface area contributed by atoms with E-state index in [-0.39, 0.29) is 10.8 Å². The molecule has 0 saturated heterocycles. The predicted octanol–water partition coefficient (Wildman–Crippen LogP) is 4.62. The Kier molecular flexibility index (Phi) is 6.43. The molecule has 0 amide bonds. The summed E-state index contributed by atoms with van der Waals surface area (Å²) in [6, 6.07) is 10.0. The van der Waals surface area contributed by atoms with Crippen LogP contribution in [0.15, 0.2) is 35.7 Å². The molecule has 10 heteroatoms. The number of tetrazole rings is 1. The number of thiophene rings is 1. The van der Waals surface area contributed by atoms with E-state index in [0.717, 1.165) is 46.7 Å². The Labute approximate surface area is 188 Å². The van der Waals surface area contributed by atoms with Gasteiger partial charge in [-0.2, -0.15) is 5.21 Å². The second-order valence-corrected chi connectivity index (χ2v) is 8.29. The number of hydrogen-bond donors (Lipinski definition) is 1. The van der Waals surface area contributed by atoms with Crippen molar-refractivity contribution in [3.63, 3.8) is 0 Å². The first kappa shape index (κ1) is 21.2. The average molecular weight is 457 g/mol. The van der Waals surface area contributed by atoms with Gasteiger partial charge in [-0.3, -0.25) is 0 Å². The second-order valence-electron chi connectivity index (χ2n) is 6.93. The molecule has 0 saturated carbocycles. The maximum atomic E-state index is 12.3.